The molecule has 24 heavy (non-hydrogen) atoms. The minimum Gasteiger partial charge on any atom is -0.480 e. The highest BCUT2D eigenvalue weighted by atomic mass is 32.2. The molecule has 0 aromatic heterocycles. The van der Waals surface area contributed by atoms with Crippen LogP contribution in [0.15, 0.2) is 47.4 Å². The van der Waals surface area contributed by atoms with Crippen molar-refractivity contribution in [3.05, 3.63) is 58.5 Å². The van der Waals surface area contributed by atoms with Gasteiger partial charge in [-0.25, -0.2) is 0 Å². The number of primary amides is 1. The number of aryl methyl sites for hydroxylation is 1. The molecule has 7 heteroatoms. The Labute approximate surface area is 145 Å². The highest BCUT2D eigenvalue weighted by Gasteiger charge is 2.32. The molecule has 1 heterocycles. The lowest BCUT2D eigenvalue weighted by Gasteiger charge is -2.11. The van der Waals surface area contributed by atoms with Crippen LogP contribution in [0.25, 0.3) is 0 Å². The standard InChI is InChI=1S/C9H11NO2.C8H10N2OS/c1-6-3-2-4-7(5-6)8(10)9(11)12;9-7(11)8-10-5-3-1-2-4-6(5)12-8/h2-5,8H,10H2,1H3,(H,11,12);1-2,4-5,8,10H,3H2,(H2,9,11)/t8-;/m0./s1. The van der Waals surface area contributed by atoms with Crippen LogP contribution in [0, 0.1) is 6.92 Å². The van der Waals surface area contributed by atoms with Crippen molar-refractivity contribution < 1.29 is 14.7 Å². The largest absolute Gasteiger partial charge is 0.480 e. The summed E-state index contributed by atoms with van der Waals surface area (Å²) < 4.78 is 0. The van der Waals surface area contributed by atoms with E-state index >= 15 is 0 Å². The van der Waals surface area contributed by atoms with Gasteiger partial charge in [0.15, 0.2) is 0 Å². The van der Waals surface area contributed by atoms with E-state index in [2.05, 4.69) is 11.4 Å². The van der Waals surface area contributed by atoms with E-state index in [1.807, 2.05) is 25.1 Å². The second kappa shape index (κ2) is 8.14. The monoisotopic (exact) mass is 347 g/mol. The smallest absolute Gasteiger partial charge is 0.325 e. The number of carboxylic acid groups (broad SMARTS) is 1. The number of carbonyl (C=O) groups excluding carboxylic acids is 1. The number of carboxylic acids is 1. The Morgan fingerprint density at radius 2 is 2.17 bits per heavy atom. The van der Waals surface area contributed by atoms with Crippen LogP contribution >= 0.6 is 11.8 Å². The molecule has 1 aliphatic carbocycles. The van der Waals surface area contributed by atoms with Crippen LogP contribution < -0.4 is 16.8 Å². The van der Waals surface area contributed by atoms with Gasteiger partial charge in [0.25, 0.3) is 0 Å². The molecule has 1 aliphatic heterocycles. The lowest BCUT2D eigenvalue weighted by atomic mass is 10.1. The molecule has 1 amide bonds. The van der Waals surface area contributed by atoms with Gasteiger partial charge in [-0.15, -0.1) is 0 Å². The molecule has 1 aromatic rings. The van der Waals surface area contributed by atoms with Crippen LogP contribution in [-0.2, 0) is 9.59 Å². The summed E-state index contributed by atoms with van der Waals surface area (Å²) in [7, 11) is 0. The third-order valence-electron chi connectivity index (χ3n) is 3.64. The summed E-state index contributed by atoms with van der Waals surface area (Å²) in [4.78, 5) is 22.5. The van der Waals surface area contributed by atoms with Crippen molar-refractivity contribution in [2.45, 2.75) is 30.8 Å². The molecule has 1 fully saturated rings. The molecule has 3 atom stereocenters. The fraction of sp³-hybridized carbons (Fsp3) is 0.294. The van der Waals surface area contributed by atoms with Crippen molar-refractivity contribution in [3.8, 4) is 0 Å². The average Bonchev–Trinajstić information content (AvgIpc) is 2.99. The average molecular weight is 347 g/mol. The van der Waals surface area contributed by atoms with Gasteiger partial charge in [-0.05, 0) is 18.9 Å². The highest BCUT2D eigenvalue weighted by molar-refractivity contribution is 8.04. The molecule has 2 aliphatic rings. The minimum absolute atomic E-state index is 0.235. The SMILES string of the molecule is Cc1cccc([C@H](N)C(=O)O)c1.NC(=O)C1NC2CC=CC=C2S1. The lowest BCUT2D eigenvalue weighted by molar-refractivity contribution is -0.138. The Balaban J connectivity index is 0.000000174. The van der Waals surface area contributed by atoms with Gasteiger partial charge in [-0.1, -0.05) is 59.8 Å². The van der Waals surface area contributed by atoms with Gasteiger partial charge in [-0.3, -0.25) is 14.9 Å². The number of aliphatic carboxylic acids is 1. The van der Waals surface area contributed by atoms with E-state index in [9.17, 15) is 9.59 Å². The number of nitrogens with two attached hydrogens (primary N) is 2. The summed E-state index contributed by atoms with van der Waals surface area (Å²) in [6.07, 6.45) is 7.10. The van der Waals surface area contributed by atoms with Crippen molar-refractivity contribution in [1.29, 1.82) is 0 Å². The third kappa shape index (κ3) is 4.70. The molecular formula is C17H21N3O3S. The molecule has 128 valence electrons. The van der Waals surface area contributed by atoms with Crippen molar-refractivity contribution >= 4 is 23.6 Å². The van der Waals surface area contributed by atoms with Crippen molar-refractivity contribution in [3.63, 3.8) is 0 Å². The van der Waals surface area contributed by atoms with Gasteiger partial charge in [0.05, 0.1) is 0 Å². The number of hydrogen-bond donors (Lipinski definition) is 4. The number of amides is 1. The molecule has 3 rings (SSSR count). The molecule has 6 N–H and O–H groups in total. The molecular weight excluding hydrogens is 326 g/mol. The first-order valence-corrected chi connectivity index (χ1v) is 8.40. The van der Waals surface area contributed by atoms with Gasteiger partial charge >= 0.3 is 5.97 Å². The van der Waals surface area contributed by atoms with Crippen LogP contribution in [0.2, 0.25) is 0 Å². The maximum Gasteiger partial charge on any atom is 0.325 e. The number of allylic oxidation sites excluding steroid dienone is 2. The van der Waals surface area contributed by atoms with E-state index in [-0.39, 0.29) is 11.3 Å². The second-order valence-corrected chi connectivity index (χ2v) is 6.76. The highest BCUT2D eigenvalue weighted by Crippen LogP contribution is 2.34. The van der Waals surface area contributed by atoms with Gasteiger partial charge in [-0.2, -0.15) is 0 Å². The molecule has 0 radical (unpaired) electrons. The lowest BCUT2D eigenvalue weighted by Crippen LogP contribution is -2.38. The first kappa shape index (κ1) is 18.3. The number of fused-ring (bicyclic) bond motifs is 1. The normalized spacial score (nSPS) is 22.7. The molecule has 1 aromatic carbocycles. The minimum atomic E-state index is -0.999. The number of hydrogen-bond acceptors (Lipinski definition) is 5. The van der Waals surface area contributed by atoms with E-state index in [1.54, 1.807) is 18.2 Å². The fourth-order valence-corrected chi connectivity index (χ4v) is 3.49. The molecule has 2 unspecified atom stereocenters. The van der Waals surface area contributed by atoms with E-state index in [1.165, 1.54) is 16.7 Å². The zero-order valence-corrected chi connectivity index (χ0v) is 14.1. The Morgan fingerprint density at radius 3 is 2.75 bits per heavy atom. The maximum absolute atomic E-state index is 10.8. The first-order valence-electron chi connectivity index (χ1n) is 7.52. The number of rotatable bonds is 3. The predicted octanol–water partition coefficient (Wildman–Crippen LogP) is 1.43. The Morgan fingerprint density at radius 1 is 1.42 bits per heavy atom. The summed E-state index contributed by atoms with van der Waals surface area (Å²) >= 11 is 1.53. The second-order valence-electron chi connectivity index (χ2n) is 5.58. The van der Waals surface area contributed by atoms with Gasteiger partial charge in [0.2, 0.25) is 5.91 Å². The molecule has 0 bridgehead atoms. The zero-order valence-electron chi connectivity index (χ0n) is 13.3. The number of carbonyl (C=O) groups is 2. The van der Waals surface area contributed by atoms with Gasteiger partial charge in [0, 0.05) is 10.9 Å². The molecule has 1 saturated heterocycles. The quantitative estimate of drug-likeness (QED) is 0.657. The van der Waals surface area contributed by atoms with Crippen LogP contribution in [0.5, 0.6) is 0 Å². The van der Waals surface area contributed by atoms with E-state index in [0.29, 0.717) is 11.6 Å². The van der Waals surface area contributed by atoms with E-state index in [4.69, 9.17) is 16.6 Å². The Hall–Kier alpha value is -2.09. The van der Waals surface area contributed by atoms with Crippen LogP contribution in [0.1, 0.15) is 23.6 Å². The zero-order chi connectivity index (χ0) is 17.7. The maximum atomic E-state index is 10.8. The summed E-state index contributed by atoms with van der Waals surface area (Å²) in [6, 6.07) is 6.60. The van der Waals surface area contributed by atoms with E-state index < -0.39 is 12.0 Å². The van der Waals surface area contributed by atoms with Crippen LogP contribution in [-0.4, -0.2) is 28.4 Å². The summed E-state index contributed by atoms with van der Waals surface area (Å²) in [5.74, 6) is -1.28. The number of thioether (sulfide) groups is 1. The van der Waals surface area contributed by atoms with E-state index in [0.717, 1.165) is 12.0 Å². The summed E-state index contributed by atoms with van der Waals surface area (Å²) in [5.41, 5.74) is 12.2. The fourth-order valence-electron chi connectivity index (χ4n) is 2.38. The van der Waals surface area contributed by atoms with Crippen molar-refractivity contribution in [1.82, 2.24) is 5.32 Å². The Kier molecular flexibility index (Phi) is 6.19. The molecule has 6 nitrogen and oxygen atoms in total. The van der Waals surface area contributed by atoms with Crippen LogP contribution in [0.4, 0.5) is 0 Å². The van der Waals surface area contributed by atoms with Crippen LogP contribution in [0.3, 0.4) is 0 Å². The first-order chi connectivity index (χ1) is 11.4. The van der Waals surface area contributed by atoms with Crippen molar-refractivity contribution in [2.24, 2.45) is 11.5 Å². The summed E-state index contributed by atoms with van der Waals surface area (Å²) in [6.45, 7) is 1.90. The van der Waals surface area contributed by atoms with Gasteiger partial charge < -0.3 is 16.6 Å². The topological polar surface area (TPSA) is 118 Å². The number of benzene rings is 1. The Bertz CT molecular complexity index is 687. The molecule has 0 saturated carbocycles. The third-order valence-corrected chi connectivity index (χ3v) is 4.94. The molecule has 0 spiro atoms. The summed E-state index contributed by atoms with van der Waals surface area (Å²) in [5, 5.41) is 11.5. The number of nitrogens with one attached hydrogen (secondary N) is 1. The van der Waals surface area contributed by atoms with Crippen molar-refractivity contribution in [2.75, 3.05) is 0 Å². The predicted molar refractivity (Wildman–Crippen MR) is 95.1 cm³/mol. The van der Waals surface area contributed by atoms with Gasteiger partial charge in [0.1, 0.15) is 11.4 Å².